The monoisotopic (exact) mass is 296 g/mol. The molecular weight excluding hydrogens is 268 g/mol. The highest BCUT2D eigenvalue weighted by Crippen LogP contribution is 2.44. The Bertz CT molecular complexity index is 429. The van der Waals surface area contributed by atoms with Crippen LogP contribution in [-0.4, -0.2) is 23.4 Å². The molecule has 0 atom stereocenters. The zero-order valence-corrected chi connectivity index (χ0v) is 13.4. The molecule has 0 radical (unpaired) electrons. The van der Waals surface area contributed by atoms with Crippen LogP contribution in [0.25, 0.3) is 0 Å². The number of aromatic hydroxyl groups is 2. The maximum absolute atomic E-state index is 10.1. The molecule has 4 nitrogen and oxygen atoms in total. The molecule has 0 aliphatic rings. The first kappa shape index (κ1) is 17.5. The Morgan fingerprint density at radius 1 is 0.905 bits per heavy atom. The minimum atomic E-state index is -0.146. The Morgan fingerprint density at radius 2 is 1.52 bits per heavy atom. The molecule has 0 aliphatic heterocycles. The van der Waals surface area contributed by atoms with Gasteiger partial charge in [-0.05, 0) is 19.3 Å². The summed E-state index contributed by atoms with van der Waals surface area (Å²) in [5, 5.41) is 20.0. The highest BCUT2D eigenvalue weighted by atomic mass is 16.5. The van der Waals surface area contributed by atoms with E-state index in [1.165, 1.54) is 6.07 Å². The largest absolute Gasteiger partial charge is 0.504 e. The van der Waals surface area contributed by atoms with E-state index in [-0.39, 0.29) is 11.5 Å². The van der Waals surface area contributed by atoms with Crippen LogP contribution in [0, 0.1) is 0 Å². The van der Waals surface area contributed by atoms with Gasteiger partial charge >= 0.3 is 0 Å². The number of ether oxygens (including phenoxy) is 2. The summed E-state index contributed by atoms with van der Waals surface area (Å²) in [6.07, 6.45) is 5.47. The number of benzene rings is 1. The van der Waals surface area contributed by atoms with E-state index in [9.17, 15) is 10.2 Å². The Morgan fingerprint density at radius 3 is 2.10 bits per heavy atom. The molecule has 0 unspecified atom stereocenters. The molecule has 0 bridgehead atoms. The number of unbranched alkanes of at least 4 members (excludes halogenated alkanes) is 2. The molecule has 1 aromatic carbocycles. The molecule has 4 heteroatoms. The molecule has 0 amide bonds. The quantitative estimate of drug-likeness (QED) is 0.496. The third-order valence-corrected chi connectivity index (χ3v) is 3.29. The van der Waals surface area contributed by atoms with Crippen molar-refractivity contribution in [2.75, 3.05) is 13.2 Å². The van der Waals surface area contributed by atoms with Crippen molar-refractivity contribution in [3.8, 4) is 23.0 Å². The Balaban J connectivity index is 3.05. The highest BCUT2D eigenvalue weighted by Gasteiger charge is 2.19. The number of hydrogen-bond donors (Lipinski definition) is 2. The minimum Gasteiger partial charge on any atom is -0.504 e. The van der Waals surface area contributed by atoms with E-state index in [0.29, 0.717) is 36.7 Å². The van der Waals surface area contributed by atoms with Crippen LogP contribution in [0.4, 0.5) is 0 Å². The summed E-state index contributed by atoms with van der Waals surface area (Å²) in [5.41, 5.74) is 0.639. The zero-order valence-electron chi connectivity index (χ0n) is 13.4. The van der Waals surface area contributed by atoms with Gasteiger partial charge in [0.1, 0.15) is 0 Å². The van der Waals surface area contributed by atoms with Crippen LogP contribution in [0.5, 0.6) is 23.0 Å². The van der Waals surface area contributed by atoms with E-state index in [0.717, 1.165) is 32.1 Å². The van der Waals surface area contributed by atoms with Gasteiger partial charge in [0.15, 0.2) is 23.0 Å². The van der Waals surface area contributed by atoms with Gasteiger partial charge in [-0.15, -0.1) is 0 Å². The van der Waals surface area contributed by atoms with Crippen molar-refractivity contribution in [3.63, 3.8) is 0 Å². The lowest BCUT2D eigenvalue weighted by atomic mass is 10.1. The molecular formula is C17H28O4. The first-order chi connectivity index (χ1) is 10.2. The van der Waals surface area contributed by atoms with E-state index >= 15 is 0 Å². The van der Waals surface area contributed by atoms with Crippen molar-refractivity contribution >= 4 is 0 Å². The summed E-state index contributed by atoms with van der Waals surface area (Å²) in [7, 11) is 0. The lowest BCUT2D eigenvalue weighted by Gasteiger charge is -2.18. The van der Waals surface area contributed by atoms with Gasteiger partial charge in [-0.25, -0.2) is 0 Å². The molecule has 1 rings (SSSR count). The van der Waals surface area contributed by atoms with E-state index in [1.54, 1.807) is 0 Å². The topological polar surface area (TPSA) is 58.9 Å². The highest BCUT2D eigenvalue weighted by molar-refractivity contribution is 5.60. The minimum absolute atomic E-state index is 0.0915. The molecule has 0 saturated carbocycles. The molecule has 2 N–H and O–H groups in total. The summed E-state index contributed by atoms with van der Waals surface area (Å²) in [5.74, 6) is 0.869. The molecule has 0 aliphatic carbocycles. The van der Waals surface area contributed by atoms with Crippen LogP contribution in [0.15, 0.2) is 6.07 Å². The fourth-order valence-electron chi connectivity index (χ4n) is 2.06. The van der Waals surface area contributed by atoms with Gasteiger partial charge in [0.25, 0.3) is 0 Å². The number of phenolic OH excluding ortho intramolecular Hbond substituents is 2. The molecule has 0 saturated heterocycles. The van der Waals surface area contributed by atoms with Crippen molar-refractivity contribution in [2.45, 2.75) is 59.3 Å². The van der Waals surface area contributed by atoms with Gasteiger partial charge in [0.2, 0.25) is 0 Å². The van der Waals surface area contributed by atoms with E-state index < -0.39 is 0 Å². The summed E-state index contributed by atoms with van der Waals surface area (Å²) in [6, 6.07) is 1.45. The van der Waals surface area contributed by atoms with Crippen LogP contribution in [-0.2, 0) is 6.42 Å². The summed E-state index contributed by atoms with van der Waals surface area (Å²) < 4.78 is 11.6. The smallest absolute Gasteiger partial charge is 0.168 e. The van der Waals surface area contributed by atoms with Gasteiger partial charge < -0.3 is 19.7 Å². The molecule has 0 heterocycles. The van der Waals surface area contributed by atoms with E-state index in [4.69, 9.17) is 9.47 Å². The molecule has 120 valence electrons. The second-order valence-corrected chi connectivity index (χ2v) is 5.20. The average Bonchev–Trinajstić information content (AvgIpc) is 2.47. The van der Waals surface area contributed by atoms with Crippen molar-refractivity contribution in [1.29, 1.82) is 0 Å². The van der Waals surface area contributed by atoms with Crippen LogP contribution in [0.3, 0.4) is 0 Å². The third kappa shape index (κ3) is 5.03. The lowest BCUT2D eigenvalue weighted by Crippen LogP contribution is -2.05. The van der Waals surface area contributed by atoms with Gasteiger partial charge in [-0.3, -0.25) is 0 Å². The Labute approximate surface area is 127 Å². The maximum Gasteiger partial charge on any atom is 0.168 e. The maximum atomic E-state index is 10.1. The SMILES string of the molecule is CCCCOc1cc(O)c(O)c(CCC)c1OCCCC. The first-order valence-electron chi connectivity index (χ1n) is 7.99. The van der Waals surface area contributed by atoms with E-state index in [1.807, 2.05) is 6.92 Å². The fraction of sp³-hybridized carbons (Fsp3) is 0.647. The van der Waals surface area contributed by atoms with Crippen molar-refractivity contribution < 1.29 is 19.7 Å². The van der Waals surface area contributed by atoms with Crippen molar-refractivity contribution in [1.82, 2.24) is 0 Å². The number of rotatable bonds is 10. The third-order valence-electron chi connectivity index (χ3n) is 3.29. The number of phenols is 2. The predicted octanol–water partition coefficient (Wildman–Crippen LogP) is 4.41. The summed E-state index contributed by atoms with van der Waals surface area (Å²) >= 11 is 0. The molecule has 0 aromatic heterocycles. The standard InChI is InChI=1S/C17H28O4/c1-4-7-10-20-15-12-14(18)16(19)13(9-6-3)17(15)21-11-8-5-2/h12,18-19H,4-11H2,1-3H3. The Kier molecular flexibility index (Phi) is 7.80. The van der Waals surface area contributed by atoms with Gasteiger partial charge in [0.05, 0.1) is 13.2 Å². The van der Waals surface area contributed by atoms with Crippen LogP contribution < -0.4 is 9.47 Å². The molecule has 21 heavy (non-hydrogen) atoms. The molecule has 0 fully saturated rings. The van der Waals surface area contributed by atoms with Crippen LogP contribution in [0.1, 0.15) is 58.4 Å². The normalized spacial score (nSPS) is 10.6. The second-order valence-electron chi connectivity index (χ2n) is 5.20. The van der Waals surface area contributed by atoms with Gasteiger partial charge in [-0.1, -0.05) is 40.0 Å². The summed E-state index contributed by atoms with van der Waals surface area (Å²) in [6.45, 7) is 7.39. The zero-order chi connectivity index (χ0) is 15.7. The van der Waals surface area contributed by atoms with Gasteiger partial charge in [0, 0.05) is 11.6 Å². The first-order valence-corrected chi connectivity index (χ1v) is 7.99. The average molecular weight is 296 g/mol. The number of hydrogen-bond acceptors (Lipinski definition) is 4. The van der Waals surface area contributed by atoms with Crippen LogP contribution in [0.2, 0.25) is 0 Å². The Hall–Kier alpha value is -1.58. The predicted molar refractivity (Wildman–Crippen MR) is 84.6 cm³/mol. The van der Waals surface area contributed by atoms with Gasteiger partial charge in [-0.2, -0.15) is 0 Å². The van der Waals surface area contributed by atoms with E-state index in [2.05, 4.69) is 13.8 Å². The summed E-state index contributed by atoms with van der Waals surface area (Å²) in [4.78, 5) is 0. The molecule has 0 spiro atoms. The fourth-order valence-corrected chi connectivity index (χ4v) is 2.06. The second kappa shape index (κ2) is 9.37. The van der Waals surface area contributed by atoms with Crippen molar-refractivity contribution in [3.05, 3.63) is 11.6 Å². The lowest BCUT2D eigenvalue weighted by molar-refractivity contribution is 0.255. The molecule has 1 aromatic rings. The van der Waals surface area contributed by atoms with Crippen LogP contribution >= 0.6 is 0 Å². The van der Waals surface area contributed by atoms with Crippen molar-refractivity contribution in [2.24, 2.45) is 0 Å².